The number of ether oxygens (including phenoxy) is 1. The van der Waals surface area contributed by atoms with Gasteiger partial charge in [0.2, 0.25) is 11.7 Å². The molecule has 174 valence electrons. The molecule has 4 rings (SSSR count). The van der Waals surface area contributed by atoms with Gasteiger partial charge in [-0.2, -0.15) is 4.98 Å². The average Bonchev–Trinajstić information content (AvgIpc) is 3.31. The van der Waals surface area contributed by atoms with E-state index in [-0.39, 0.29) is 5.91 Å². The molecule has 2 aromatic carbocycles. The number of hydrogen-bond donors (Lipinski definition) is 0. The number of amides is 1. The molecule has 0 atom stereocenters. The Hall–Kier alpha value is -2.55. The van der Waals surface area contributed by atoms with Crippen molar-refractivity contribution in [1.82, 2.24) is 19.9 Å². The number of aromatic nitrogens is 2. The third-order valence-electron chi connectivity index (χ3n) is 5.76. The maximum absolute atomic E-state index is 13.2. The highest BCUT2D eigenvalue weighted by Crippen LogP contribution is 2.19. The summed E-state index contributed by atoms with van der Waals surface area (Å²) < 4.78 is 11.9. The molecule has 0 aliphatic carbocycles. The van der Waals surface area contributed by atoms with Crippen LogP contribution in [0.3, 0.4) is 0 Å². The summed E-state index contributed by atoms with van der Waals surface area (Å²) in [7, 11) is 0. The lowest BCUT2D eigenvalue weighted by Gasteiger charge is -2.28. The highest BCUT2D eigenvalue weighted by atomic mass is 79.9. The van der Waals surface area contributed by atoms with Gasteiger partial charge < -0.3 is 14.2 Å². The summed E-state index contributed by atoms with van der Waals surface area (Å²) in [5, 5.41) is 4.11. The van der Waals surface area contributed by atoms with Crippen LogP contribution in [0.4, 0.5) is 0 Å². The van der Waals surface area contributed by atoms with E-state index in [0.717, 1.165) is 54.9 Å². The Morgan fingerprint density at radius 3 is 2.52 bits per heavy atom. The van der Waals surface area contributed by atoms with Crippen molar-refractivity contribution in [1.29, 1.82) is 0 Å². The number of aryl methyl sites for hydroxylation is 1. The van der Waals surface area contributed by atoms with Gasteiger partial charge in [-0.05, 0) is 49.7 Å². The van der Waals surface area contributed by atoms with Gasteiger partial charge in [0.1, 0.15) is 0 Å². The van der Waals surface area contributed by atoms with E-state index in [1.165, 1.54) is 0 Å². The van der Waals surface area contributed by atoms with Gasteiger partial charge in [-0.25, -0.2) is 0 Å². The Balaban J connectivity index is 1.39. The lowest BCUT2D eigenvalue weighted by Crippen LogP contribution is -2.39. The van der Waals surface area contributed by atoms with Crippen molar-refractivity contribution in [2.45, 2.75) is 19.8 Å². The topological polar surface area (TPSA) is 71.7 Å². The minimum absolute atomic E-state index is 0.0321. The second-order valence-electron chi connectivity index (χ2n) is 8.23. The maximum Gasteiger partial charge on any atom is 0.253 e. The van der Waals surface area contributed by atoms with Crippen LogP contribution >= 0.6 is 15.9 Å². The van der Waals surface area contributed by atoms with Gasteiger partial charge in [0.25, 0.3) is 5.91 Å². The SMILES string of the molecule is Cc1ccc(C(=O)N(CCCN2CCOCC2)CCc2nc(-c3ccc(Br)cc3)no2)cc1. The molecule has 0 spiro atoms. The second-order valence-corrected chi connectivity index (χ2v) is 9.15. The fourth-order valence-electron chi connectivity index (χ4n) is 3.81. The number of benzene rings is 2. The van der Waals surface area contributed by atoms with Gasteiger partial charge in [0, 0.05) is 54.7 Å². The minimum atomic E-state index is 0.0321. The molecule has 0 saturated carbocycles. The van der Waals surface area contributed by atoms with Crippen LogP contribution in [0, 0.1) is 6.92 Å². The molecule has 33 heavy (non-hydrogen) atoms. The molecule has 1 aliphatic rings. The monoisotopic (exact) mass is 512 g/mol. The van der Waals surface area contributed by atoms with Gasteiger partial charge in [0.15, 0.2) is 0 Å². The van der Waals surface area contributed by atoms with Crippen molar-refractivity contribution in [2.24, 2.45) is 0 Å². The number of nitrogens with zero attached hydrogens (tertiary/aromatic N) is 4. The summed E-state index contributed by atoms with van der Waals surface area (Å²) in [6.45, 7) is 7.64. The molecule has 0 unspecified atom stereocenters. The molecule has 8 heteroatoms. The molecule has 1 aliphatic heterocycles. The second kappa shape index (κ2) is 11.5. The maximum atomic E-state index is 13.2. The van der Waals surface area contributed by atoms with Crippen molar-refractivity contribution < 1.29 is 14.1 Å². The number of hydrogen-bond acceptors (Lipinski definition) is 6. The predicted octanol–water partition coefficient (Wildman–Crippen LogP) is 4.21. The van der Waals surface area contributed by atoms with Crippen molar-refractivity contribution in [3.63, 3.8) is 0 Å². The normalized spacial score (nSPS) is 14.4. The fraction of sp³-hybridized carbons (Fsp3) is 0.400. The zero-order valence-electron chi connectivity index (χ0n) is 18.9. The highest BCUT2D eigenvalue weighted by Gasteiger charge is 2.18. The molecule has 0 bridgehead atoms. The third-order valence-corrected chi connectivity index (χ3v) is 6.29. The lowest BCUT2D eigenvalue weighted by molar-refractivity contribution is 0.0357. The summed E-state index contributed by atoms with van der Waals surface area (Å²) >= 11 is 3.44. The number of rotatable bonds is 9. The van der Waals surface area contributed by atoms with Crippen LogP contribution in [-0.4, -0.2) is 71.8 Å². The van der Waals surface area contributed by atoms with Crippen LogP contribution in [0.5, 0.6) is 0 Å². The van der Waals surface area contributed by atoms with E-state index in [9.17, 15) is 4.79 Å². The van der Waals surface area contributed by atoms with Gasteiger partial charge in [0.05, 0.1) is 13.2 Å². The van der Waals surface area contributed by atoms with Crippen LogP contribution < -0.4 is 0 Å². The van der Waals surface area contributed by atoms with E-state index < -0.39 is 0 Å². The zero-order valence-corrected chi connectivity index (χ0v) is 20.5. The molecule has 2 heterocycles. The van der Waals surface area contributed by atoms with Gasteiger partial charge in [-0.3, -0.25) is 9.69 Å². The summed E-state index contributed by atoms with van der Waals surface area (Å²) in [5.74, 6) is 1.12. The number of morpholine rings is 1. The molecule has 1 fully saturated rings. The minimum Gasteiger partial charge on any atom is -0.379 e. The van der Waals surface area contributed by atoms with E-state index in [0.29, 0.717) is 36.8 Å². The molecule has 1 aromatic heterocycles. The Kier molecular flexibility index (Phi) is 8.25. The summed E-state index contributed by atoms with van der Waals surface area (Å²) in [6, 6.07) is 15.5. The molecular weight excluding hydrogens is 484 g/mol. The standard InChI is InChI=1S/C25H29BrN4O3/c1-19-3-5-21(6-4-19)25(31)30(13-2-12-29-15-17-32-18-16-29)14-11-23-27-24(28-33-23)20-7-9-22(26)10-8-20/h3-10H,2,11-18H2,1H3. The lowest BCUT2D eigenvalue weighted by atomic mass is 10.1. The van der Waals surface area contributed by atoms with Crippen LogP contribution in [0.15, 0.2) is 57.5 Å². The summed E-state index contributed by atoms with van der Waals surface area (Å²) in [5.41, 5.74) is 2.73. The van der Waals surface area contributed by atoms with E-state index in [1.54, 1.807) is 0 Å². The Morgan fingerprint density at radius 1 is 1.06 bits per heavy atom. The number of carbonyl (C=O) groups excluding carboxylic acids is 1. The van der Waals surface area contributed by atoms with Gasteiger partial charge in [-0.15, -0.1) is 0 Å². The molecule has 0 N–H and O–H groups in total. The van der Waals surface area contributed by atoms with E-state index in [2.05, 4.69) is 31.0 Å². The van der Waals surface area contributed by atoms with Crippen LogP contribution in [0.2, 0.25) is 0 Å². The Morgan fingerprint density at radius 2 is 1.79 bits per heavy atom. The molecule has 3 aromatic rings. The molecule has 0 radical (unpaired) electrons. The van der Waals surface area contributed by atoms with Crippen molar-refractivity contribution in [2.75, 3.05) is 45.9 Å². The zero-order chi connectivity index (χ0) is 23.0. The van der Waals surface area contributed by atoms with E-state index in [1.807, 2.05) is 60.4 Å². The summed E-state index contributed by atoms with van der Waals surface area (Å²) in [4.78, 5) is 22.1. The van der Waals surface area contributed by atoms with E-state index >= 15 is 0 Å². The first-order valence-corrected chi connectivity index (χ1v) is 12.1. The molecule has 7 nitrogen and oxygen atoms in total. The highest BCUT2D eigenvalue weighted by molar-refractivity contribution is 9.10. The van der Waals surface area contributed by atoms with Crippen molar-refractivity contribution >= 4 is 21.8 Å². The van der Waals surface area contributed by atoms with Crippen molar-refractivity contribution in [3.05, 3.63) is 70.0 Å². The quantitative estimate of drug-likeness (QED) is 0.427. The smallest absolute Gasteiger partial charge is 0.253 e. The van der Waals surface area contributed by atoms with Crippen LogP contribution in [0.1, 0.15) is 28.2 Å². The third kappa shape index (κ3) is 6.72. The predicted molar refractivity (Wildman–Crippen MR) is 130 cm³/mol. The summed E-state index contributed by atoms with van der Waals surface area (Å²) in [6.07, 6.45) is 1.42. The Labute approximate surface area is 202 Å². The Bertz CT molecular complexity index is 1030. The van der Waals surface area contributed by atoms with Crippen LogP contribution in [0.25, 0.3) is 11.4 Å². The fourth-order valence-corrected chi connectivity index (χ4v) is 4.07. The first-order valence-electron chi connectivity index (χ1n) is 11.3. The number of carbonyl (C=O) groups is 1. The molecule has 1 amide bonds. The van der Waals surface area contributed by atoms with E-state index in [4.69, 9.17) is 9.26 Å². The van der Waals surface area contributed by atoms with Crippen molar-refractivity contribution in [3.8, 4) is 11.4 Å². The molecular formula is C25H29BrN4O3. The first-order chi connectivity index (χ1) is 16.1. The van der Waals surface area contributed by atoms with Gasteiger partial charge in [-0.1, -0.05) is 38.8 Å². The van der Waals surface area contributed by atoms with Gasteiger partial charge >= 0.3 is 0 Å². The van der Waals surface area contributed by atoms with Crippen LogP contribution in [-0.2, 0) is 11.2 Å². The largest absolute Gasteiger partial charge is 0.379 e. The number of halogens is 1. The first kappa shape index (κ1) is 23.6. The average molecular weight is 513 g/mol. The molecule has 1 saturated heterocycles.